The molecule has 0 fully saturated rings. The van der Waals surface area contributed by atoms with Crippen LogP contribution in [0.3, 0.4) is 0 Å². The van der Waals surface area contributed by atoms with Gasteiger partial charge in [0.1, 0.15) is 0 Å². The van der Waals surface area contributed by atoms with Gasteiger partial charge in [0.25, 0.3) is 17.5 Å². The predicted molar refractivity (Wildman–Crippen MR) is 103 cm³/mol. The zero-order valence-electron chi connectivity index (χ0n) is 16.2. The van der Waals surface area contributed by atoms with Crippen molar-refractivity contribution in [3.63, 3.8) is 0 Å². The van der Waals surface area contributed by atoms with Crippen LogP contribution in [-0.4, -0.2) is 50.5 Å². The summed E-state index contributed by atoms with van der Waals surface area (Å²) in [6, 6.07) is 7.37. The molecular weight excluding hydrogens is 376 g/mol. The lowest BCUT2D eigenvalue weighted by molar-refractivity contribution is -0.126. The van der Waals surface area contributed by atoms with E-state index in [1.807, 2.05) is 32.0 Å². The number of aromatic nitrogens is 4. The molecule has 3 aromatic rings. The Balaban J connectivity index is 1.48. The maximum Gasteiger partial charge on any atom is 0.378 e. The SMILES string of the molecule is Cc1cccc(C)c1NC(=O)CNC(=O)COC(=O)c1nc2nccc(C)n2n1. The molecule has 0 radical (unpaired) electrons. The summed E-state index contributed by atoms with van der Waals surface area (Å²) < 4.78 is 6.30. The molecule has 0 aliphatic carbocycles. The smallest absolute Gasteiger partial charge is 0.378 e. The van der Waals surface area contributed by atoms with E-state index in [1.165, 1.54) is 4.52 Å². The van der Waals surface area contributed by atoms with Gasteiger partial charge < -0.3 is 15.4 Å². The number of rotatable bonds is 6. The number of carbonyl (C=O) groups excluding carboxylic acids is 3. The van der Waals surface area contributed by atoms with Crippen LogP contribution in [0.2, 0.25) is 0 Å². The summed E-state index contributed by atoms with van der Waals surface area (Å²) in [5.41, 5.74) is 3.29. The zero-order valence-corrected chi connectivity index (χ0v) is 16.2. The number of ether oxygens (including phenoxy) is 1. The van der Waals surface area contributed by atoms with E-state index in [-0.39, 0.29) is 24.1 Å². The highest BCUT2D eigenvalue weighted by molar-refractivity contribution is 5.96. The summed E-state index contributed by atoms with van der Waals surface area (Å²) in [6.45, 7) is 4.74. The number of aryl methyl sites for hydroxylation is 3. The van der Waals surface area contributed by atoms with E-state index in [0.717, 1.165) is 16.8 Å². The molecule has 0 spiro atoms. The summed E-state index contributed by atoms with van der Waals surface area (Å²) in [6.07, 6.45) is 1.55. The van der Waals surface area contributed by atoms with Gasteiger partial charge in [-0.15, -0.1) is 5.10 Å². The second kappa shape index (κ2) is 8.46. The summed E-state index contributed by atoms with van der Waals surface area (Å²) in [5, 5.41) is 9.15. The van der Waals surface area contributed by atoms with E-state index in [4.69, 9.17) is 4.74 Å². The van der Waals surface area contributed by atoms with E-state index in [0.29, 0.717) is 5.69 Å². The predicted octanol–water partition coefficient (Wildman–Crippen LogP) is 0.961. The van der Waals surface area contributed by atoms with Crippen molar-refractivity contribution in [2.75, 3.05) is 18.5 Å². The van der Waals surface area contributed by atoms with Crippen LogP contribution in [0.1, 0.15) is 27.4 Å². The van der Waals surface area contributed by atoms with Crippen LogP contribution in [0.25, 0.3) is 5.78 Å². The van der Waals surface area contributed by atoms with E-state index >= 15 is 0 Å². The van der Waals surface area contributed by atoms with Crippen molar-refractivity contribution in [1.29, 1.82) is 0 Å². The molecule has 2 aromatic heterocycles. The van der Waals surface area contributed by atoms with Gasteiger partial charge in [0.2, 0.25) is 5.91 Å². The lowest BCUT2D eigenvalue weighted by Crippen LogP contribution is -2.35. The number of anilines is 1. The molecule has 0 unspecified atom stereocenters. The molecule has 0 aliphatic heterocycles. The number of benzene rings is 1. The standard InChI is InChI=1S/C19H20N6O4/c1-11-5-4-6-12(2)16(11)22-14(26)9-21-15(27)10-29-18(28)17-23-19-20-8-7-13(3)25(19)24-17/h4-8H,9-10H2,1-3H3,(H,21,27)(H,22,26). The van der Waals surface area contributed by atoms with Crippen LogP contribution in [0, 0.1) is 20.8 Å². The van der Waals surface area contributed by atoms with Gasteiger partial charge in [-0.25, -0.2) is 14.3 Å². The minimum Gasteiger partial charge on any atom is -0.450 e. The molecule has 1 aromatic carbocycles. The molecule has 0 bridgehead atoms. The summed E-state index contributed by atoms with van der Waals surface area (Å²) in [7, 11) is 0. The van der Waals surface area contributed by atoms with Crippen molar-refractivity contribution in [2.24, 2.45) is 0 Å². The molecule has 3 rings (SSSR count). The van der Waals surface area contributed by atoms with Gasteiger partial charge in [-0.3, -0.25) is 9.59 Å². The normalized spacial score (nSPS) is 10.6. The molecule has 0 saturated heterocycles. The molecule has 2 N–H and O–H groups in total. The first-order valence-electron chi connectivity index (χ1n) is 8.83. The number of amides is 2. The van der Waals surface area contributed by atoms with Gasteiger partial charge >= 0.3 is 5.97 Å². The van der Waals surface area contributed by atoms with Crippen molar-refractivity contribution in [1.82, 2.24) is 24.9 Å². The van der Waals surface area contributed by atoms with Gasteiger partial charge in [-0.1, -0.05) is 18.2 Å². The zero-order chi connectivity index (χ0) is 21.0. The number of nitrogens with one attached hydrogen (secondary N) is 2. The van der Waals surface area contributed by atoms with E-state index in [1.54, 1.807) is 19.2 Å². The molecule has 2 amide bonds. The largest absolute Gasteiger partial charge is 0.450 e. The number of carbonyl (C=O) groups is 3. The Morgan fingerprint density at radius 1 is 1.07 bits per heavy atom. The second-order valence-corrected chi connectivity index (χ2v) is 6.40. The van der Waals surface area contributed by atoms with Crippen LogP contribution in [0.4, 0.5) is 5.69 Å². The highest BCUT2D eigenvalue weighted by Gasteiger charge is 2.17. The van der Waals surface area contributed by atoms with Crippen LogP contribution >= 0.6 is 0 Å². The highest BCUT2D eigenvalue weighted by Crippen LogP contribution is 2.18. The number of hydrogen-bond donors (Lipinski definition) is 2. The quantitative estimate of drug-likeness (QED) is 0.594. The van der Waals surface area contributed by atoms with Crippen molar-refractivity contribution in [3.8, 4) is 0 Å². The maximum atomic E-state index is 12.0. The fourth-order valence-electron chi connectivity index (χ4n) is 2.61. The third kappa shape index (κ3) is 4.72. The second-order valence-electron chi connectivity index (χ2n) is 6.40. The van der Waals surface area contributed by atoms with Crippen molar-refractivity contribution in [2.45, 2.75) is 20.8 Å². The third-order valence-corrected chi connectivity index (χ3v) is 4.14. The Morgan fingerprint density at radius 3 is 2.48 bits per heavy atom. The maximum absolute atomic E-state index is 12.0. The first kappa shape index (κ1) is 19.9. The van der Waals surface area contributed by atoms with Crippen LogP contribution in [0.5, 0.6) is 0 Å². The average Bonchev–Trinajstić information content (AvgIpc) is 3.13. The number of esters is 1. The summed E-state index contributed by atoms with van der Waals surface area (Å²) in [5.74, 6) is -1.80. The first-order valence-corrected chi connectivity index (χ1v) is 8.83. The van der Waals surface area contributed by atoms with Crippen molar-refractivity contribution < 1.29 is 19.1 Å². The van der Waals surface area contributed by atoms with Crippen LogP contribution < -0.4 is 10.6 Å². The monoisotopic (exact) mass is 396 g/mol. The topological polar surface area (TPSA) is 128 Å². The molecular formula is C19H20N6O4. The van der Waals surface area contributed by atoms with E-state index < -0.39 is 18.5 Å². The molecule has 29 heavy (non-hydrogen) atoms. The lowest BCUT2D eigenvalue weighted by atomic mass is 10.1. The lowest BCUT2D eigenvalue weighted by Gasteiger charge is -2.11. The van der Waals surface area contributed by atoms with Crippen LogP contribution in [0.15, 0.2) is 30.5 Å². The molecule has 2 heterocycles. The third-order valence-electron chi connectivity index (χ3n) is 4.14. The van der Waals surface area contributed by atoms with Crippen molar-refractivity contribution >= 4 is 29.2 Å². The number of para-hydroxylation sites is 1. The number of nitrogens with zero attached hydrogens (tertiary/aromatic N) is 4. The molecule has 10 heteroatoms. The van der Waals surface area contributed by atoms with Crippen molar-refractivity contribution in [3.05, 3.63) is 53.1 Å². The first-order chi connectivity index (χ1) is 13.8. The van der Waals surface area contributed by atoms with Gasteiger partial charge in [0.15, 0.2) is 6.61 Å². The summed E-state index contributed by atoms with van der Waals surface area (Å²) >= 11 is 0. The van der Waals surface area contributed by atoms with Gasteiger partial charge in [-0.05, 0) is 38.0 Å². The molecule has 10 nitrogen and oxygen atoms in total. The minimum absolute atomic E-state index is 0.202. The van der Waals surface area contributed by atoms with E-state index in [2.05, 4.69) is 25.7 Å². The molecule has 0 atom stereocenters. The van der Waals surface area contributed by atoms with Crippen LogP contribution in [-0.2, 0) is 14.3 Å². The van der Waals surface area contributed by atoms with Gasteiger partial charge in [-0.2, -0.15) is 4.98 Å². The fourth-order valence-corrected chi connectivity index (χ4v) is 2.61. The number of hydrogen-bond acceptors (Lipinski definition) is 7. The average molecular weight is 396 g/mol. The molecule has 150 valence electrons. The Hall–Kier alpha value is -3.82. The fraction of sp³-hybridized carbons (Fsp3) is 0.263. The van der Waals surface area contributed by atoms with E-state index in [9.17, 15) is 14.4 Å². The van der Waals surface area contributed by atoms with Gasteiger partial charge in [0, 0.05) is 17.6 Å². The Labute approximate surface area is 166 Å². The summed E-state index contributed by atoms with van der Waals surface area (Å²) in [4.78, 5) is 43.9. The minimum atomic E-state index is -0.856. The van der Waals surface area contributed by atoms with Gasteiger partial charge in [0.05, 0.1) is 6.54 Å². The Bertz CT molecular complexity index is 1070. The Morgan fingerprint density at radius 2 is 1.79 bits per heavy atom. The molecule has 0 aliphatic rings. The Kier molecular flexibility index (Phi) is 5.82. The highest BCUT2D eigenvalue weighted by atomic mass is 16.5. The molecule has 0 saturated carbocycles. The number of fused-ring (bicyclic) bond motifs is 1.